The van der Waals surface area contributed by atoms with Gasteiger partial charge in [0.15, 0.2) is 0 Å². The fraction of sp³-hybridized carbons (Fsp3) is 0.308. The van der Waals surface area contributed by atoms with E-state index in [2.05, 4.69) is 25.8 Å². The summed E-state index contributed by atoms with van der Waals surface area (Å²) >= 11 is 0. The van der Waals surface area contributed by atoms with E-state index in [-0.39, 0.29) is 6.03 Å². The van der Waals surface area contributed by atoms with Crippen LogP contribution in [0.5, 0.6) is 0 Å². The second kappa shape index (κ2) is 4.72. The van der Waals surface area contributed by atoms with Gasteiger partial charge in [0.05, 0.1) is 17.6 Å². The maximum atomic E-state index is 11.9. The fourth-order valence-electron chi connectivity index (χ4n) is 1.89. The first-order valence-electron chi connectivity index (χ1n) is 6.26. The van der Waals surface area contributed by atoms with E-state index in [1.165, 1.54) is 0 Å². The summed E-state index contributed by atoms with van der Waals surface area (Å²) in [4.78, 5) is 16.0. The number of aromatic nitrogens is 3. The minimum absolute atomic E-state index is 0.306. The number of hydrogen-bond donors (Lipinski definition) is 3. The molecule has 2 heterocycles. The first-order chi connectivity index (χ1) is 9.22. The van der Waals surface area contributed by atoms with Crippen molar-refractivity contribution in [3.8, 4) is 0 Å². The third-order valence-corrected chi connectivity index (χ3v) is 3.06. The average molecular weight is 257 g/mol. The molecular formula is C13H15N5O. The van der Waals surface area contributed by atoms with Gasteiger partial charge in [-0.2, -0.15) is 5.10 Å². The molecule has 0 atom stereocenters. The van der Waals surface area contributed by atoms with Gasteiger partial charge >= 0.3 is 6.03 Å². The highest BCUT2D eigenvalue weighted by atomic mass is 16.2. The van der Waals surface area contributed by atoms with Crippen LogP contribution in [0, 0.1) is 6.92 Å². The Kier molecular flexibility index (Phi) is 2.91. The van der Waals surface area contributed by atoms with Crippen LogP contribution >= 0.6 is 0 Å². The summed E-state index contributed by atoms with van der Waals surface area (Å²) in [6, 6.07) is 3.36. The number of hydrogen-bond acceptors (Lipinski definition) is 3. The summed E-state index contributed by atoms with van der Waals surface area (Å²) in [6.45, 7) is 1.95. The molecule has 2 aromatic heterocycles. The predicted octanol–water partition coefficient (Wildman–Crippen LogP) is 2.63. The van der Waals surface area contributed by atoms with Crippen LogP contribution in [0.1, 0.15) is 30.0 Å². The molecule has 2 amide bonds. The lowest BCUT2D eigenvalue weighted by Crippen LogP contribution is -2.20. The van der Waals surface area contributed by atoms with Crippen molar-refractivity contribution in [3.05, 3.63) is 35.8 Å². The van der Waals surface area contributed by atoms with E-state index in [9.17, 15) is 4.79 Å². The first-order valence-corrected chi connectivity index (χ1v) is 6.26. The summed E-state index contributed by atoms with van der Waals surface area (Å²) in [5.74, 6) is 1.04. The van der Waals surface area contributed by atoms with Crippen molar-refractivity contribution in [3.63, 3.8) is 0 Å². The maximum absolute atomic E-state index is 11.9. The minimum Gasteiger partial charge on any atom is -0.305 e. The normalized spacial score (nSPS) is 14.2. The monoisotopic (exact) mass is 257 g/mol. The lowest BCUT2D eigenvalue weighted by molar-refractivity contribution is 0.262. The van der Waals surface area contributed by atoms with Crippen molar-refractivity contribution in [2.45, 2.75) is 25.7 Å². The van der Waals surface area contributed by atoms with Crippen molar-refractivity contribution >= 4 is 17.5 Å². The number of amides is 2. The number of carbonyl (C=O) groups excluding carboxylic acids is 1. The molecule has 3 rings (SSSR count). The summed E-state index contributed by atoms with van der Waals surface area (Å²) in [6.07, 6.45) is 5.65. The molecule has 1 aliphatic carbocycles. The van der Waals surface area contributed by atoms with Gasteiger partial charge in [0.1, 0.15) is 5.82 Å². The molecule has 1 fully saturated rings. The molecule has 2 aromatic rings. The number of nitrogens with zero attached hydrogens (tertiary/aromatic N) is 2. The lowest BCUT2D eigenvalue weighted by atomic mass is 10.2. The van der Waals surface area contributed by atoms with Crippen molar-refractivity contribution in [2.75, 3.05) is 10.6 Å². The van der Waals surface area contributed by atoms with Gasteiger partial charge in [0.25, 0.3) is 0 Å². The predicted molar refractivity (Wildman–Crippen MR) is 72.2 cm³/mol. The molecule has 6 nitrogen and oxygen atoms in total. The number of anilines is 2. The van der Waals surface area contributed by atoms with E-state index >= 15 is 0 Å². The van der Waals surface area contributed by atoms with Crippen LogP contribution in [0.3, 0.4) is 0 Å². The number of carbonyl (C=O) groups is 1. The molecule has 1 aliphatic rings. The number of rotatable bonds is 3. The number of nitrogens with one attached hydrogen (secondary N) is 3. The third-order valence-electron chi connectivity index (χ3n) is 3.06. The van der Waals surface area contributed by atoms with Gasteiger partial charge in [-0.1, -0.05) is 6.07 Å². The molecule has 6 heteroatoms. The Morgan fingerprint density at radius 1 is 1.32 bits per heavy atom. The van der Waals surface area contributed by atoms with Crippen LogP contribution in [-0.4, -0.2) is 21.2 Å². The number of aryl methyl sites for hydroxylation is 1. The second-order valence-electron chi connectivity index (χ2n) is 4.77. The Morgan fingerprint density at radius 2 is 2.16 bits per heavy atom. The van der Waals surface area contributed by atoms with Gasteiger partial charge in [0, 0.05) is 12.1 Å². The Labute approximate surface area is 110 Å². The van der Waals surface area contributed by atoms with Crippen molar-refractivity contribution in [1.29, 1.82) is 0 Å². The molecule has 0 radical (unpaired) electrons. The molecular weight excluding hydrogens is 242 g/mol. The quantitative estimate of drug-likeness (QED) is 0.790. The Balaban J connectivity index is 1.64. The lowest BCUT2D eigenvalue weighted by Gasteiger charge is -2.07. The highest BCUT2D eigenvalue weighted by Crippen LogP contribution is 2.42. The third kappa shape index (κ3) is 2.73. The summed E-state index contributed by atoms with van der Waals surface area (Å²) in [5.41, 5.74) is 2.80. The molecule has 3 N–H and O–H groups in total. The Hall–Kier alpha value is -2.37. The molecule has 0 bridgehead atoms. The molecule has 98 valence electrons. The van der Waals surface area contributed by atoms with Gasteiger partial charge in [-0.3, -0.25) is 10.4 Å². The summed E-state index contributed by atoms with van der Waals surface area (Å²) in [5, 5.41) is 12.4. The molecule has 19 heavy (non-hydrogen) atoms. The zero-order valence-corrected chi connectivity index (χ0v) is 10.6. The van der Waals surface area contributed by atoms with Gasteiger partial charge in [-0.15, -0.1) is 0 Å². The highest BCUT2D eigenvalue weighted by molar-refractivity contribution is 5.99. The maximum Gasteiger partial charge on any atom is 0.324 e. The van der Waals surface area contributed by atoms with Gasteiger partial charge < -0.3 is 5.32 Å². The molecule has 0 aromatic carbocycles. The average Bonchev–Trinajstić information content (AvgIpc) is 3.13. The van der Waals surface area contributed by atoms with E-state index < -0.39 is 0 Å². The summed E-state index contributed by atoms with van der Waals surface area (Å²) in [7, 11) is 0. The number of urea groups is 1. The Bertz CT molecular complexity index is 585. The topological polar surface area (TPSA) is 82.7 Å². The van der Waals surface area contributed by atoms with Crippen molar-refractivity contribution < 1.29 is 4.79 Å². The number of pyridine rings is 1. The van der Waals surface area contributed by atoms with Gasteiger partial charge in [-0.05, 0) is 31.4 Å². The Morgan fingerprint density at radius 3 is 2.84 bits per heavy atom. The van der Waals surface area contributed by atoms with E-state index in [1.807, 2.05) is 13.0 Å². The largest absolute Gasteiger partial charge is 0.324 e. The van der Waals surface area contributed by atoms with Gasteiger partial charge in [-0.25, -0.2) is 9.78 Å². The highest BCUT2D eigenvalue weighted by Gasteiger charge is 2.28. The molecule has 0 aliphatic heterocycles. The van der Waals surface area contributed by atoms with Crippen LogP contribution in [0.2, 0.25) is 0 Å². The van der Waals surface area contributed by atoms with Crippen LogP contribution in [0.25, 0.3) is 0 Å². The minimum atomic E-state index is -0.306. The first kappa shape index (κ1) is 11.7. The molecule has 0 saturated heterocycles. The van der Waals surface area contributed by atoms with Crippen LogP contribution < -0.4 is 10.6 Å². The van der Waals surface area contributed by atoms with Crippen LogP contribution in [0.4, 0.5) is 16.3 Å². The van der Waals surface area contributed by atoms with Crippen molar-refractivity contribution in [1.82, 2.24) is 15.2 Å². The van der Waals surface area contributed by atoms with Crippen LogP contribution in [-0.2, 0) is 0 Å². The van der Waals surface area contributed by atoms with E-state index in [4.69, 9.17) is 0 Å². The van der Waals surface area contributed by atoms with E-state index in [0.717, 1.165) is 29.8 Å². The van der Waals surface area contributed by atoms with Crippen molar-refractivity contribution in [2.24, 2.45) is 0 Å². The number of aromatic amines is 1. The zero-order chi connectivity index (χ0) is 13.2. The summed E-state index contributed by atoms with van der Waals surface area (Å²) < 4.78 is 0. The molecule has 1 saturated carbocycles. The van der Waals surface area contributed by atoms with E-state index in [0.29, 0.717) is 11.7 Å². The second-order valence-corrected chi connectivity index (χ2v) is 4.77. The standard InChI is InChI=1S/C13H15N5O/c1-8-2-5-11(14-6-8)17-13(19)16-10-7-15-18-12(10)9-3-4-9/h2,5-7,9H,3-4H2,1H3,(H,15,18)(H2,14,16,17,19). The smallest absolute Gasteiger partial charge is 0.305 e. The fourth-order valence-corrected chi connectivity index (χ4v) is 1.89. The van der Waals surface area contributed by atoms with Crippen LogP contribution in [0.15, 0.2) is 24.5 Å². The zero-order valence-electron chi connectivity index (χ0n) is 10.6. The number of H-pyrrole nitrogens is 1. The molecule has 0 spiro atoms. The van der Waals surface area contributed by atoms with E-state index in [1.54, 1.807) is 18.5 Å². The van der Waals surface area contributed by atoms with Gasteiger partial charge in [0.2, 0.25) is 0 Å². The molecule has 0 unspecified atom stereocenters. The SMILES string of the molecule is Cc1ccc(NC(=O)Nc2cn[nH]c2C2CC2)nc1.